The topological polar surface area (TPSA) is 89.6 Å². The molecule has 17 heavy (non-hydrogen) atoms. The first-order valence-electron chi connectivity index (χ1n) is 4.85. The molecule has 88 valence electrons. The van der Waals surface area contributed by atoms with E-state index in [1.165, 1.54) is 18.6 Å². The van der Waals surface area contributed by atoms with Gasteiger partial charge >= 0.3 is 5.97 Å². The molecule has 0 spiro atoms. The van der Waals surface area contributed by atoms with Crippen molar-refractivity contribution in [2.75, 3.05) is 6.61 Å². The Morgan fingerprint density at radius 3 is 3.18 bits per heavy atom. The van der Waals surface area contributed by atoms with Crippen molar-refractivity contribution < 1.29 is 14.6 Å². The van der Waals surface area contributed by atoms with E-state index in [1.54, 1.807) is 0 Å². The maximum absolute atomic E-state index is 11.3. The molecule has 0 atom stereocenters. The molecule has 0 fully saturated rings. The summed E-state index contributed by atoms with van der Waals surface area (Å²) in [5.74, 6) is -0.366. The van der Waals surface area contributed by atoms with Crippen LogP contribution in [0.25, 0.3) is 5.78 Å². The molecule has 1 N–H and O–H groups in total. The van der Waals surface area contributed by atoms with E-state index in [1.807, 2.05) is 0 Å². The van der Waals surface area contributed by atoms with Crippen LogP contribution in [0.4, 0.5) is 0 Å². The summed E-state index contributed by atoms with van der Waals surface area (Å²) in [6.45, 7) is 3.57. The molecular weight excluding hydrogens is 224 g/mol. The van der Waals surface area contributed by atoms with E-state index in [4.69, 9.17) is 4.74 Å². The summed E-state index contributed by atoms with van der Waals surface area (Å²) < 4.78 is 5.95. The monoisotopic (exact) mass is 234 g/mol. The largest absolute Gasteiger partial charge is 0.493 e. The third-order valence-electron chi connectivity index (χ3n) is 2.05. The summed E-state index contributed by atoms with van der Waals surface area (Å²) in [4.78, 5) is 19.1. The van der Waals surface area contributed by atoms with E-state index in [0.29, 0.717) is 5.56 Å². The van der Waals surface area contributed by atoms with Gasteiger partial charge in [0.2, 0.25) is 5.88 Å². The minimum atomic E-state index is -0.471. The lowest BCUT2D eigenvalue weighted by atomic mass is 10.2. The van der Waals surface area contributed by atoms with E-state index in [2.05, 4.69) is 21.6 Å². The Balaban J connectivity index is 2.21. The second kappa shape index (κ2) is 4.60. The highest BCUT2D eigenvalue weighted by molar-refractivity contribution is 5.73. The van der Waals surface area contributed by atoms with Gasteiger partial charge < -0.3 is 9.84 Å². The van der Waals surface area contributed by atoms with Gasteiger partial charge in [0.15, 0.2) is 0 Å². The first-order valence-corrected chi connectivity index (χ1v) is 4.85. The maximum atomic E-state index is 11.3. The van der Waals surface area contributed by atoms with Crippen LogP contribution in [0.1, 0.15) is 5.56 Å². The molecule has 7 heteroatoms. The summed E-state index contributed by atoms with van der Waals surface area (Å²) >= 11 is 0. The Morgan fingerprint density at radius 1 is 1.59 bits per heavy atom. The van der Waals surface area contributed by atoms with Crippen molar-refractivity contribution >= 4 is 11.7 Å². The number of esters is 1. The molecule has 0 aromatic carbocycles. The van der Waals surface area contributed by atoms with Crippen molar-refractivity contribution in [3.63, 3.8) is 0 Å². The number of rotatable bonds is 4. The first kappa shape index (κ1) is 11.1. The lowest BCUT2D eigenvalue weighted by molar-refractivity contribution is -0.141. The number of aromatic hydroxyl groups is 1. The summed E-state index contributed by atoms with van der Waals surface area (Å²) in [6, 6.07) is 0. The molecular formula is C10H10N4O3. The van der Waals surface area contributed by atoms with Crippen LogP contribution in [-0.4, -0.2) is 37.3 Å². The Hall–Kier alpha value is -2.44. The molecule has 0 aliphatic carbocycles. The molecule has 2 rings (SSSR count). The number of hydrogen-bond acceptors (Lipinski definition) is 6. The smallest absolute Gasteiger partial charge is 0.310 e. The normalized spacial score (nSPS) is 10.4. The van der Waals surface area contributed by atoms with Crippen molar-refractivity contribution in [3.8, 4) is 5.88 Å². The van der Waals surface area contributed by atoms with Crippen LogP contribution >= 0.6 is 0 Å². The molecule has 0 unspecified atom stereocenters. The molecule has 7 nitrogen and oxygen atoms in total. The van der Waals surface area contributed by atoms with Crippen LogP contribution in [0.3, 0.4) is 0 Å². The SMILES string of the molecule is C=CCOC(=O)Cc1cnc2ncnn2c1O. The minimum absolute atomic E-state index is 0.0809. The van der Waals surface area contributed by atoms with Crippen molar-refractivity contribution in [3.05, 3.63) is 30.7 Å². The second-order valence-corrected chi connectivity index (χ2v) is 3.23. The van der Waals surface area contributed by atoms with Crippen molar-refractivity contribution in [2.24, 2.45) is 0 Å². The number of ether oxygens (including phenoxy) is 1. The standard InChI is InChI=1S/C10H10N4O3/c1-2-3-17-8(15)4-7-5-11-10-12-6-13-14(10)9(7)16/h2,5-6,16H,1,3-4H2. The van der Waals surface area contributed by atoms with Crippen molar-refractivity contribution in [2.45, 2.75) is 6.42 Å². The zero-order valence-electron chi connectivity index (χ0n) is 8.91. The van der Waals surface area contributed by atoms with Crippen molar-refractivity contribution in [1.82, 2.24) is 19.6 Å². The second-order valence-electron chi connectivity index (χ2n) is 3.23. The first-order chi connectivity index (χ1) is 8.22. The quantitative estimate of drug-likeness (QED) is 0.596. The van der Waals surface area contributed by atoms with Gasteiger partial charge in [0.25, 0.3) is 5.78 Å². The van der Waals surface area contributed by atoms with Gasteiger partial charge in [0.1, 0.15) is 12.9 Å². The molecule has 0 aliphatic rings. The average Bonchev–Trinajstić information content (AvgIpc) is 2.79. The average molecular weight is 234 g/mol. The molecule has 2 aromatic heterocycles. The van der Waals surface area contributed by atoms with Gasteiger partial charge in [0.05, 0.1) is 6.42 Å². The van der Waals surface area contributed by atoms with Gasteiger partial charge in [-0.15, -0.1) is 0 Å². The highest BCUT2D eigenvalue weighted by Gasteiger charge is 2.13. The number of nitrogens with zero attached hydrogens (tertiary/aromatic N) is 4. The van der Waals surface area contributed by atoms with Crippen LogP contribution in [0.5, 0.6) is 5.88 Å². The molecule has 0 aliphatic heterocycles. The number of hydrogen-bond donors (Lipinski definition) is 1. The summed E-state index contributed by atoms with van der Waals surface area (Å²) in [7, 11) is 0. The van der Waals surface area contributed by atoms with Crippen molar-refractivity contribution in [1.29, 1.82) is 0 Å². The third-order valence-corrected chi connectivity index (χ3v) is 2.05. The van der Waals surface area contributed by atoms with Gasteiger partial charge in [-0.2, -0.15) is 14.6 Å². The van der Waals surface area contributed by atoms with E-state index in [-0.39, 0.29) is 24.7 Å². The Bertz CT molecular complexity index is 564. The van der Waals surface area contributed by atoms with Crippen LogP contribution in [-0.2, 0) is 16.0 Å². The number of carbonyl (C=O) groups is 1. The fourth-order valence-electron chi connectivity index (χ4n) is 1.29. The molecule has 0 saturated heterocycles. The predicted molar refractivity (Wildman–Crippen MR) is 57.3 cm³/mol. The number of carbonyl (C=O) groups excluding carboxylic acids is 1. The molecule has 2 aromatic rings. The fraction of sp³-hybridized carbons (Fsp3) is 0.200. The fourth-order valence-corrected chi connectivity index (χ4v) is 1.29. The zero-order valence-corrected chi connectivity index (χ0v) is 8.91. The summed E-state index contributed by atoms with van der Waals surface area (Å²) in [6.07, 6.45) is 4.02. The van der Waals surface area contributed by atoms with Crippen LogP contribution in [0.2, 0.25) is 0 Å². The highest BCUT2D eigenvalue weighted by Crippen LogP contribution is 2.16. The number of aromatic nitrogens is 4. The van der Waals surface area contributed by atoms with Crippen LogP contribution < -0.4 is 0 Å². The molecule has 0 bridgehead atoms. The molecule has 2 heterocycles. The van der Waals surface area contributed by atoms with Gasteiger partial charge in [-0.3, -0.25) is 4.79 Å². The van der Waals surface area contributed by atoms with Gasteiger partial charge in [-0.05, 0) is 0 Å². The Kier molecular flexibility index (Phi) is 2.99. The van der Waals surface area contributed by atoms with E-state index < -0.39 is 5.97 Å². The maximum Gasteiger partial charge on any atom is 0.310 e. The Labute approximate surface area is 96.4 Å². The van der Waals surface area contributed by atoms with E-state index >= 15 is 0 Å². The molecule has 0 amide bonds. The lowest BCUT2D eigenvalue weighted by Crippen LogP contribution is -2.09. The lowest BCUT2D eigenvalue weighted by Gasteiger charge is -2.04. The highest BCUT2D eigenvalue weighted by atomic mass is 16.5. The van der Waals surface area contributed by atoms with Crippen LogP contribution in [0, 0.1) is 0 Å². The Morgan fingerprint density at radius 2 is 2.41 bits per heavy atom. The zero-order chi connectivity index (χ0) is 12.3. The minimum Gasteiger partial charge on any atom is -0.493 e. The summed E-state index contributed by atoms with van der Waals surface area (Å²) in [5, 5.41) is 13.6. The van der Waals surface area contributed by atoms with Gasteiger partial charge in [0, 0.05) is 11.8 Å². The van der Waals surface area contributed by atoms with Gasteiger partial charge in [-0.1, -0.05) is 12.7 Å². The molecule has 0 saturated carbocycles. The third kappa shape index (κ3) is 2.22. The van der Waals surface area contributed by atoms with E-state index in [0.717, 1.165) is 4.52 Å². The molecule has 0 radical (unpaired) electrons. The van der Waals surface area contributed by atoms with Gasteiger partial charge in [-0.25, -0.2) is 4.98 Å². The van der Waals surface area contributed by atoms with E-state index in [9.17, 15) is 9.90 Å². The predicted octanol–water partition coefficient (Wildman–Crippen LogP) is 0.102. The summed E-state index contributed by atoms with van der Waals surface area (Å²) in [5.41, 5.74) is 0.331. The van der Waals surface area contributed by atoms with Crippen LogP contribution in [0.15, 0.2) is 25.2 Å². The number of fused-ring (bicyclic) bond motifs is 1.